The third-order valence-corrected chi connectivity index (χ3v) is 2.50. The van der Waals surface area contributed by atoms with E-state index < -0.39 is 23.4 Å². The lowest BCUT2D eigenvalue weighted by Crippen LogP contribution is -2.55. The van der Waals surface area contributed by atoms with Crippen LogP contribution in [0, 0.1) is 0 Å². The fraction of sp³-hybridized carbons (Fsp3) is 0.727. The predicted molar refractivity (Wildman–Crippen MR) is 65.9 cm³/mol. The standard InChI is InChI=1S/C11H21N3O4/c1-3-6-11(2,9(16)17)14-10(18)13-7-4-5-8(12)15/h3-7H2,1-2H3,(H2,12,15)(H,16,17)(H2,13,14,18). The van der Waals surface area contributed by atoms with Gasteiger partial charge >= 0.3 is 12.0 Å². The fourth-order valence-electron chi connectivity index (χ4n) is 1.48. The number of carboxylic acids is 1. The molecule has 0 radical (unpaired) electrons. The number of amides is 3. The Bertz CT molecular complexity index is 319. The maximum atomic E-state index is 11.5. The zero-order valence-electron chi connectivity index (χ0n) is 10.8. The average molecular weight is 259 g/mol. The van der Waals surface area contributed by atoms with Crippen molar-refractivity contribution in [1.29, 1.82) is 0 Å². The van der Waals surface area contributed by atoms with E-state index in [0.717, 1.165) is 0 Å². The van der Waals surface area contributed by atoms with Crippen LogP contribution >= 0.6 is 0 Å². The molecule has 7 heteroatoms. The summed E-state index contributed by atoms with van der Waals surface area (Å²) in [4.78, 5) is 33.0. The van der Waals surface area contributed by atoms with Crippen LogP contribution in [-0.2, 0) is 9.59 Å². The Hall–Kier alpha value is -1.79. The van der Waals surface area contributed by atoms with E-state index in [9.17, 15) is 14.4 Å². The summed E-state index contributed by atoms with van der Waals surface area (Å²) in [6.07, 6.45) is 1.60. The predicted octanol–water partition coefficient (Wildman–Crippen LogP) is 0.195. The molecule has 18 heavy (non-hydrogen) atoms. The number of nitrogens with two attached hydrogens (primary N) is 1. The number of carbonyl (C=O) groups excluding carboxylic acids is 2. The number of carboxylic acid groups (broad SMARTS) is 1. The van der Waals surface area contributed by atoms with Crippen LogP contribution in [0.3, 0.4) is 0 Å². The molecule has 0 aliphatic heterocycles. The van der Waals surface area contributed by atoms with Crippen LogP contribution < -0.4 is 16.4 Å². The van der Waals surface area contributed by atoms with Gasteiger partial charge in [-0.25, -0.2) is 9.59 Å². The molecule has 1 atom stereocenters. The molecule has 0 rings (SSSR count). The molecule has 104 valence electrons. The maximum Gasteiger partial charge on any atom is 0.329 e. The highest BCUT2D eigenvalue weighted by Gasteiger charge is 2.33. The smallest absolute Gasteiger partial charge is 0.329 e. The van der Waals surface area contributed by atoms with E-state index >= 15 is 0 Å². The van der Waals surface area contributed by atoms with Gasteiger partial charge in [0.05, 0.1) is 0 Å². The number of nitrogens with one attached hydrogen (secondary N) is 2. The number of hydrogen-bond donors (Lipinski definition) is 4. The summed E-state index contributed by atoms with van der Waals surface area (Å²) in [5.74, 6) is -1.50. The highest BCUT2D eigenvalue weighted by molar-refractivity contribution is 5.85. The van der Waals surface area contributed by atoms with Crippen molar-refractivity contribution in [2.45, 2.75) is 45.1 Å². The Labute approximate surface area is 106 Å². The van der Waals surface area contributed by atoms with Gasteiger partial charge in [0.2, 0.25) is 5.91 Å². The molecule has 0 aromatic heterocycles. The van der Waals surface area contributed by atoms with E-state index in [0.29, 0.717) is 19.3 Å². The topological polar surface area (TPSA) is 122 Å². The normalized spacial score (nSPS) is 13.4. The van der Waals surface area contributed by atoms with Gasteiger partial charge in [-0.1, -0.05) is 13.3 Å². The lowest BCUT2D eigenvalue weighted by atomic mass is 9.97. The minimum absolute atomic E-state index is 0.186. The Kier molecular flexibility index (Phi) is 6.77. The lowest BCUT2D eigenvalue weighted by molar-refractivity contribution is -0.144. The first-order valence-electron chi connectivity index (χ1n) is 5.89. The minimum atomic E-state index is -1.28. The van der Waals surface area contributed by atoms with Gasteiger partial charge in [0.1, 0.15) is 5.54 Å². The van der Waals surface area contributed by atoms with Gasteiger partial charge < -0.3 is 21.5 Å². The van der Waals surface area contributed by atoms with Crippen molar-refractivity contribution in [3.8, 4) is 0 Å². The van der Waals surface area contributed by atoms with Crippen LogP contribution in [0.25, 0.3) is 0 Å². The summed E-state index contributed by atoms with van der Waals surface area (Å²) >= 11 is 0. The first-order chi connectivity index (χ1) is 8.31. The average Bonchev–Trinajstić information content (AvgIpc) is 2.24. The van der Waals surface area contributed by atoms with Crippen molar-refractivity contribution in [2.75, 3.05) is 6.54 Å². The molecule has 0 aromatic carbocycles. The van der Waals surface area contributed by atoms with E-state index in [4.69, 9.17) is 10.8 Å². The number of urea groups is 1. The minimum Gasteiger partial charge on any atom is -0.480 e. The van der Waals surface area contributed by atoms with E-state index in [1.807, 2.05) is 6.92 Å². The van der Waals surface area contributed by atoms with Crippen LogP contribution in [0.5, 0.6) is 0 Å². The van der Waals surface area contributed by atoms with Crippen LogP contribution in [0.4, 0.5) is 4.79 Å². The third-order valence-electron chi connectivity index (χ3n) is 2.50. The summed E-state index contributed by atoms with van der Waals surface area (Å²) in [6.45, 7) is 3.58. The summed E-state index contributed by atoms with van der Waals surface area (Å²) < 4.78 is 0. The number of rotatable bonds is 8. The number of carbonyl (C=O) groups is 3. The zero-order valence-corrected chi connectivity index (χ0v) is 10.8. The molecule has 0 saturated heterocycles. The molecule has 0 spiro atoms. The van der Waals surface area contributed by atoms with E-state index in [1.54, 1.807) is 0 Å². The zero-order chi connectivity index (χ0) is 14.2. The first kappa shape index (κ1) is 16.2. The Balaban J connectivity index is 4.11. The molecule has 0 saturated carbocycles. The van der Waals surface area contributed by atoms with Crippen LogP contribution in [0.1, 0.15) is 39.5 Å². The molecule has 5 N–H and O–H groups in total. The van der Waals surface area contributed by atoms with E-state index in [-0.39, 0.29) is 13.0 Å². The van der Waals surface area contributed by atoms with Gasteiger partial charge in [-0.3, -0.25) is 4.79 Å². The van der Waals surface area contributed by atoms with Crippen molar-refractivity contribution < 1.29 is 19.5 Å². The van der Waals surface area contributed by atoms with Crippen LogP contribution in [-0.4, -0.2) is 35.1 Å². The van der Waals surface area contributed by atoms with Crippen molar-refractivity contribution in [2.24, 2.45) is 5.73 Å². The molecular weight excluding hydrogens is 238 g/mol. The van der Waals surface area contributed by atoms with Crippen LogP contribution in [0.2, 0.25) is 0 Å². The maximum absolute atomic E-state index is 11.5. The lowest BCUT2D eigenvalue weighted by Gasteiger charge is -2.25. The highest BCUT2D eigenvalue weighted by Crippen LogP contribution is 2.12. The monoisotopic (exact) mass is 259 g/mol. The summed E-state index contributed by atoms with van der Waals surface area (Å²) in [6, 6.07) is -0.558. The Morgan fingerprint density at radius 2 is 1.94 bits per heavy atom. The molecule has 0 aliphatic carbocycles. The first-order valence-corrected chi connectivity index (χ1v) is 5.89. The SMILES string of the molecule is CCCC(C)(NC(=O)NCCCC(N)=O)C(=O)O. The molecule has 0 heterocycles. The molecule has 7 nitrogen and oxygen atoms in total. The number of hydrogen-bond acceptors (Lipinski definition) is 3. The fourth-order valence-corrected chi connectivity index (χ4v) is 1.48. The quantitative estimate of drug-likeness (QED) is 0.465. The number of primary amides is 1. The van der Waals surface area contributed by atoms with Gasteiger partial charge in [0, 0.05) is 13.0 Å². The molecule has 0 fully saturated rings. The molecular formula is C11H21N3O4. The van der Waals surface area contributed by atoms with Gasteiger partial charge in [-0.05, 0) is 19.8 Å². The van der Waals surface area contributed by atoms with E-state index in [1.165, 1.54) is 6.92 Å². The highest BCUT2D eigenvalue weighted by atomic mass is 16.4. The second-order valence-electron chi connectivity index (χ2n) is 4.34. The second-order valence-corrected chi connectivity index (χ2v) is 4.34. The molecule has 3 amide bonds. The van der Waals surface area contributed by atoms with Crippen molar-refractivity contribution in [3.63, 3.8) is 0 Å². The molecule has 0 aliphatic rings. The largest absolute Gasteiger partial charge is 0.480 e. The summed E-state index contributed by atoms with van der Waals surface area (Å²) in [5.41, 5.74) is 3.67. The number of aliphatic carboxylic acids is 1. The van der Waals surface area contributed by atoms with Crippen molar-refractivity contribution in [3.05, 3.63) is 0 Å². The Morgan fingerprint density at radius 1 is 1.33 bits per heavy atom. The van der Waals surface area contributed by atoms with Crippen molar-refractivity contribution >= 4 is 17.9 Å². The third kappa shape index (κ3) is 6.07. The molecule has 0 bridgehead atoms. The van der Waals surface area contributed by atoms with Crippen molar-refractivity contribution in [1.82, 2.24) is 10.6 Å². The molecule has 0 aromatic rings. The van der Waals surface area contributed by atoms with E-state index in [2.05, 4.69) is 10.6 Å². The molecule has 1 unspecified atom stereocenters. The Morgan fingerprint density at radius 3 is 2.39 bits per heavy atom. The van der Waals surface area contributed by atoms with Gasteiger partial charge in [-0.2, -0.15) is 0 Å². The summed E-state index contributed by atoms with van der Waals surface area (Å²) in [5, 5.41) is 14.0. The summed E-state index contributed by atoms with van der Waals surface area (Å²) in [7, 11) is 0. The van der Waals surface area contributed by atoms with Crippen LogP contribution in [0.15, 0.2) is 0 Å². The van der Waals surface area contributed by atoms with Gasteiger partial charge in [0.15, 0.2) is 0 Å². The van der Waals surface area contributed by atoms with Gasteiger partial charge in [0.25, 0.3) is 0 Å². The van der Waals surface area contributed by atoms with Gasteiger partial charge in [-0.15, -0.1) is 0 Å². The second kappa shape index (κ2) is 7.52.